The number of benzene rings is 4. The van der Waals surface area contributed by atoms with E-state index in [1.807, 2.05) is 78.9 Å². The maximum Gasteiger partial charge on any atom is 0.188 e. The van der Waals surface area contributed by atoms with Crippen molar-refractivity contribution in [1.29, 1.82) is 0 Å². The van der Waals surface area contributed by atoms with E-state index in [0.29, 0.717) is 10.6 Å². The zero-order chi connectivity index (χ0) is 19.1. The standard InChI is InChI=1S/C24H14ClNOS/c25-17-11-12-21-19(13-17)26-23-18(15-7-3-1-4-8-15)14-20(27)22(24(23)28-21)16-9-5-2-6-10-16/h1-14H. The lowest BCUT2D eigenvalue weighted by Crippen LogP contribution is -2.08. The molecule has 0 N–H and O–H groups in total. The summed E-state index contributed by atoms with van der Waals surface area (Å²) in [6, 6.07) is 27.1. The molecule has 0 unspecified atom stereocenters. The Labute approximate surface area is 171 Å². The Morgan fingerprint density at radius 3 is 2.18 bits per heavy atom. The number of halogens is 1. The topological polar surface area (TPSA) is 30.0 Å². The van der Waals surface area contributed by atoms with E-state index in [1.54, 1.807) is 17.4 Å². The van der Waals surface area contributed by atoms with E-state index in [1.165, 1.54) is 0 Å². The molecule has 1 aliphatic heterocycles. The summed E-state index contributed by atoms with van der Waals surface area (Å²) in [5.74, 6) is 0. The van der Waals surface area contributed by atoms with Crippen LogP contribution in [0.5, 0.6) is 0 Å². The second-order valence-corrected chi connectivity index (χ2v) is 8.02. The fourth-order valence-corrected chi connectivity index (χ4v) is 4.75. The van der Waals surface area contributed by atoms with Gasteiger partial charge in [0.05, 0.1) is 20.8 Å². The molecule has 0 fully saturated rings. The Bertz CT molecular complexity index is 1330. The van der Waals surface area contributed by atoms with E-state index in [2.05, 4.69) is 0 Å². The average molecular weight is 400 g/mol. The zero-order valence-electron chi connectivity index (χ0n) is 14.7. The van der Waals surface area contributed by atoms with Gasteiger partial charge in [-0.15, -0.1) is 11.3 Å². The lowest BCUT2D eigenvalue weighted by atomic mass is 9.95. The molecule has 0 atom stereocenters. The van der Waals surface area contributed by atoms with Crippen molar-refractivity contribution < 1.29 is 0 Å². The maximum absolute atomic E-state index is 13.2. The van der Waals surface area contributed by atoms with Crippen molar-refractivity contribution in [3.05, 3.63) is 100 Å². The molecule has 3 aromatic rings. The molecule has 0 amide bonds. The Balaban J connectivity index is 1.94. The van der Waals surface area contributed by atoms with Gasteiger partial charge in [-0.1, -0.05) is 72.3 Å². The highest BCUT2D eigenvalue weighted by molar-refractivity contribution is 7.22. The van der Waals surface area contributed by atoms with Crippen molar-refractivity contribution >= 4 is 33.2 Å². The minimum Gasteiger partial charge on any atom is -0.289 e. The molecule has 28 heavy (non-hydrogen) atoms. The van der Waals surface area contributed by atoms with Crippen LogP contribution in [0.25, 0.3) is 43.0 Å². The first kappa shape index (κ1) is 17.1. The second kappa shape index (κ2) is 6.86. The molecule has 0 spiro atoms. The van der Waals surface area contributed by atoms with E-state index in [4.69, 9.17) is 16.6 Å². The molecule has 134 valence electrons. The summed E-state index contributed by atoms with van der Waals surface area (Å²) in [6.07, 6.45) is 0. The van der Waals surface area contributed by atoms with E-state index >= 15 is 0 Å². The number of hydrogen-bond donors (Lipinski definition) is 0. The van der Waals surface area contributed by atoms with Gasteiger partial charge in [0.15, 0.2) is 5.43 Å². The molecule has 2 aliphatic rings. The van der Waals surface area contributed by atoms with Crippen molar-refractivity contribution in [3.63, 3.8) is 0 Å². The molecule has 1 heterocycles. The molecule has 0 aromatic heterocycles. The largest absolute Gasteiger partial charge is 0.289 e. The number of hydrogen-bond acceptors (Lipinski definition) is 3. The van der Waals surface area contributed by atoms with Crippen LogP contribution in [0.3, 0.4) is 0 Å². The van der Waals surface area contributed by atoms with Gasteiger partial charge in [-0.25, -0.2) is 4.98 Å². The molecular weight excluding hydrogens is 386 g/mol. The number of fused-ring (bicyclic) bond motifs is 2. The molecular formula is C24H14ClNOS. The van der Waals surface area contributed by atoms with Gasteiger partial charge >= 0.3 is 0 Å². The van der Waals surface area contributed by atoms with Gasteiger partial charge in [0.2, 0.25) is 0 Å². The maximum atomic E-state index is 13.2. The van der Waals surface area contributed by atoms with Gasteiger partial charge in [-0.05, 0) is 35.4 Å². The lowest BCUT2D eigenvalue weighted by Gasteiger charge is -2.16. The van der Waals surface area contributed by atoms with Crippen LogP contribution >= 0.6 is 22.9 Å². The van der Waals surface area contributed by atoms with Crippen LogP contribution in [0.4, 0.5) is 0 Å². The van der Waals surface area contributed by atoms with Crippen LogP contribution in [0, 0.1) is 0 Å². The fraction of sp³-hybridized carbons (Fsp3) is 0. The fourth-order valence-electron chi connectivity index (χ4n) is 3.45. The Hall–Kier alpha value is -3.01. The van der Waals surface area contributed by atoms with Crippen molar-refractivity contribution in [1.82, 2.24) is 4.98 Å². The average Bonchev–Trinajstić information content (AvgIpc) is 2.73. The number of rotatable bonds is 2. The minimum absolute atomic E-state index is 0.00363. The van der Waals surface area contributed by atoms with Gasteiger partial charge in [0.1, 0.15) is 0 Å². The quantitative estimate of drug-likeness (QED) is 0.307. The third-order valence-electron chi connectivity index (χ3n) is 4.73. The van der Waals surface area contributed by atoms with Crippen molar-refractivity contribution in [2.75, 3.05) is 0 Å². The molecule has 0 saturated carbocycles. The molecule has 0 saturated heterocycles. The Morgan fingerprint density at radius 1 is 0.786 bits per heavy atom. The van der Waals surface area contributed by atoms with Crippen LogP contribution in [0.2, 0.25) is 5.02 Å². The van der Waals surface area contributed by atoms with Crippen LogP contribution in [-0.4, -0.2) is 4.98 Å². The summed E-state index contributed by atoms with van der Waals surface area (Å²) >= 11 is 7.78. The first-order valence-electron chi connectivity index (χ1n) is 8.89. The summed E-state index contributed by atoms with van der Waals surface area (Å²) in [6.45, 7) is 0. The molecule has 5 rings (SSSR count). The first-order valence-corrected chi connectivity index (χ1v) is 10.1. The number of aromatic nitrogens is 1. The highest BCUT2D eigenvalue weighted by atomic mass is 35.5. The van der Waals surface area contributed by atoms with Gasteiger partial charge in [0, 0.05) is 16.1 Å². The van der Waals surface area contributed by atoms with Crippen molar-refractivity contribution in [2.45, 2.75) is 0 Å². The van der Waals surface area contributed by atoms with Crippen molar-refractivity contribution in [3.8, 4) is 32.8 Å². The van der Waals surface area contributed by atoms with Crippen LogP contribution < -0.4 is 5.43 Å². The molecule has 0 radical (unpaired) electrons. The first-order chi connectivity index (χ1) is 13.7. The molecule has 2 nitrogen and oxygen atoms in total. The smallest absolute Gasteiger partial charge is 0.188 e. The van der Waals surface area contributed by atoms with Crippen LogP contribution in [0.15, 0.2) is 89.7 Å². The summed E-state index contributed by atoms with van der Waals surface area (Å²) in [5, 5.41) is 0.650. The molecule has 4 heteroatoms. The summed E-state index contributed by atoms with van der Waals surface area (Å²) < 4.78 is 0.999. The number of nitrogens with zero attached hydrogens (tertiary/aromatic N) is 1. The summed E-state index contributed by atoms with van der Waals surface area (Å²) in [7, 11) is 0. The molecule has 3 aromatic carbocycles. The predicted octanol–water partition coefficient (Wildman–Crippen LogP) is 6.75. The van der Waals surface area contributed by atoms with E-state index < -0.39 is 0 Å². The Kier molecular flexibility index (Phi) is 4.19. The molecule has 0 bridgehead atoms. The summed E-state index contributed by atoms with van der Waals surface area (Å²) in [4.78, 5) is 19.0. The van der Waals surface area contributed by atoms with E-state index in [9.17, 15) is 4.79 Å². The SMILES string of the molecule is O=c1cc(-c2ccccc2)c2nc3cc(Cl)ccc3sc-2c1-c1ccccc1. The van der Waals surface area contributed by atoms with E-state index in [-0.39, 0.29) is 5.43 Å². The summed E-state index contributed by atoms with van der Waals surface area (Å²) in [5.41, 5.74) is 5.09. The van der Waals surface area contributed by atoms with Gasteiger partial charge < -0.3 is 0 Å². The monoisotopic (exact) mass is 399 g/mol. The zero-order valence-corrected chi connectivity index (χ0v) is 16.3. The van der Waals surface area contributed by atoms with Gasteiger partial charge in [-0.2, -0.15) is 0 Å². The highest BCUT2D eigenvalue weighted by Gasteiger charge is 2.21. The normalized spacial score (nSPS) is 11.2. The third kappa shape index (κ3) is 2.89. The van der Waals surface area contributed by atoms with Gasteiger partial charge in [-0.3, -0.25) is 4.79 Å². The second-order valence-electron chi connectivity index (χ2n) is 6.53. The molecule has 1 aliphatic carbocycles. The minimum atomic E-state index is 0.00363. The Morgan fingerprint density at radius 2 is 1.46 bits per heavy atom. The van der Waals surface area contributed by atoms with Gasteiger partial charge in [0.25, 0.3) is 0 Å². The third-order valence-corrected chi connectivity index (χ3v) is 6.13. The highest BCUT2D eigenvalue weighted by Crippen LogP contribution is 2.42. The lowest BCUT2D eigenvalue weighted by molar-refractivity contribution is 1.40. The van der Waals surface area contributed by atoms with Crippen LogP contribution in [-0.2, 0) is 0 Å². The van der Waals surface area contributed by atoms with Crippen molar-refractivity contribution in [2.24, 2.45) is 0 Å². The predicted molar refractivity (Wildman–Crippen MR) is 118 cm³/mol. The van der Waals surface area contributed by atoms with E-state index in [0.717, 1.165) is 37.5 Å². The van der Waals surface area contributed by atoms with Crippen LogP contribution in [0.1, 0.15) is 0 Å².